The number of nitrogens with zero attached hydrogens (tertiary/aromatic N) is 5. The van der Waals surface area contributed by atoms with Gasteiger partial charge in [0.05, 0.1) is 6.20 Å². The zero-order valence-corrected chi connectivity index (χ0v) is 9.55. The van der Waals surface area contributed by atoms with E-state index in [0.29, 0.717) is 6.42 Å². The van der Waals surface area contributed by atoms with Crippen molar-refractivity contribution in [1.82, 2.24) is 14.5 Å². The van der Waals surface area contributed by atoms with Gasteiger partial charge in [-0.05, 0) is 12.0 Å². The largest absolute Gasteiger partial charge is 0.274 e. The van der Waals surface area contributed by atoms with Crippen molar-refractivity contribution in [1.29, 1.82) is 0 Å². The van der Waals surface area contributed by atoms with Gasteiger partial charge in [0.1, 0.15) is 4.90 Å². The van der Waals surface area contributed by atoms with E-state index in [4.69, 9.17) is 5.53 Å². The van der Waals surface area contributed by atoms with Crippen LogP contribution in [0.2, 0.25) is 0 Å². The van der Waals surface area contributed by atoms with Crippen molar-refractivity contribution in [2.45, 2.75) is 11.3 Å². The first-order valence-electron chi connectivity index (χ1n) is 4.55. The van der Waals surface area contributed by atoms with E-state index in [-0.39, 0.29) is 18.0 Å². The number of hydrogen-bond acceptors (Lipinski definition) is 4. The van der Waals surface area contributed by atoms with Gasteiger partial charge < -0.3 is 0 Å². The third-order valence-corrected chi connectivity index (χ3v) is 3.20. The Bertz CT molecular complexity index is 487. The maximum atomic E-state index is 11.6. The van der Waals surface area contributed by atoms with Crippen molar-refractivity contribution < 1.29 is 8.42 Å². The summed E-state index contributed by atoms with van der Waals surface area (Å²) < 4.78 is 27.0. The number of aromatic nitrogens is 2. The molecule has 9 heteroatoms. The fraction of sp³-hybridized carbons (Fsp3) is 0.571. The molecule has 0 fully saturated rings. The van der Waals surface area contributed by atoms with Crippen molar-refractivity contribution in [3.05, 3.63) is 22.8 Å². The highest BCUT2D eigenvalue weighted by Crippen LogP contribution is 2.05. The first-order valence-corrected chi connectivity index (χ1v) is 6.04. The third-order valence-electron chi connectivity index (χ3n) is 1.78. The molecule has 0 atom stereocenters. The van der Waals surface area contributed by atoms with Crippen LogP contribution in [0.4, 0.5) is 0 Å². The minimum atomic E-state index is -3.49. The Morgan fingerprint density at radius 1 is 1.69 bits per heavy atom. The Balaban J connectivity index is 2.50. The fourth-order valence-electron chi connectivity index (χ4n) is 1.02. The molecule has 1 aromatic rings. The first kappa shape index (κ1) is 12.5. The number of nitrogens with one attached hydrogen (secondary N) is 1. The summed E-state index contributed by atoms with van der Waals surface area (Å²) in [6.07, 6.45) is 3.15. The molecule has 0 saturated carbocycles. The van der Waals surface area contributed by atoms with Crippen LogP contribution in [0.25, 0.3) is 10.4 Å². The molecule has 1 rings (SSSR count). The standard InChI is InChI=1S/C7H12N6O2S/c1-13-6-7(5-10-13)16(14,15)11-4-2-3-9-12-8/h5-6,11H,2-4H2,1H3. The predicted octanol–water partition coefficient (Wildman–Crippen LogP) is 0.399. The number of sulfonamides is 1. The molecule has 0 bridgehead atoms. The summed E-state index contributed by atoms with van der Waals surface area (Å²) in [6, 6.07) is 0. The van der Waals surface area contributed by atoms with Gasteiger partial charge in [0.25, 0.3) is 0 Å². The van der Waals surface area contributed by atoms with E-state index >= 15 is 0 Å². The van der Waals surface area contributed by atoms with E-state index in [0.717, 1.165) is 0 Å². The number of aryl methyl sites for hydroxylation is 1. The highest BCUT2D eigenvalue weighted by Gasteiger charge is 2.14. The molecule has 0 aliphatic carbocycles. The Kier molecular flexibility index (Phi) is 4.29. The quantitative estimate of drug-likeness (QED) is 0.338. The van der Waals surface area contributed by atoms with Gasteiger partial charge in [0.15, 0.2) is 0 Å². The van der Waals surface area contributed by atoms with Crippen LogP contribution in [0, 0.1) is 0 Å². The molecule has 0 unspecified atom stereocenters. The molecule has 16 heavy (non-hydrogen) atoms. The Hall–Kier alpha value is -1.57. The molecule has 1 N–H and O–H groups in total. The summed E-state index contributed by atoms with van der Waals surface area (Å²) in [7, 11) is -1.86. The molecule has 1 aromatic heterocycles. The minimum Gasteiger partial charge on any atom is -0.274 e. The van der Waals surface area contributed by atoms with E-state index < -0.39 is 10.0 Å². The van der Waals surface area contributed by atoms with Gasteiger partial charge in [0.2, 0.25) is 10.0 Å². The van der Waals surface area contributed by atoms with Gasteiger partial charge in [-0.15, -0.1) is 0 Å². The molecule has 1 heterocycles. The lowest BCUT2D eigenvalue weighted by Crippen LogP contribution is -2.24. The monoisotopic (exact) mass is 244 g/mol. The van der Waals surface area contributed by atoms with E-state index in [1.54, 1.807) is 7.05 Å². The van der Waals surface area contributed by atoms with Gasteiger partial charge in [-0.25, -0.2) is 13.1 Å². The van der Waals surface area contributed by atoms with Crippen molar-refractivity contribution in [2.75, 3.05) is 13.1 Å². The average molecular weight is 244 g/mol. The fourth-order valence-corrected chi connectivity index (χ4v) is 2.08. The summed E-state index contributed by atoms with van der Waals surface area (Å²) in [6.45, 7) is 0.502. The average Bonchev–Trinajstić information content (AvgIpc) is 2.65. The van der Waals surface area contributed by atoms with Crippen LogP contribution in [0.15, 0.2) is 22.4 Å². The second-order valence-corrected chi connectivity index (χ2v) is 4.82. The van der Waals surface area contributed by atoms with E-state index in [1.807, 2.05) is 0 Å². The molecular weight excluding hydrogens is 232 g/mol. The SMILES string of the molecule is Cn1cc(S(=O)(=O)NCCCN=[N+]=[N-])cn1. The summed E-state index contributed by atoms with van der Waals surface area (Å²) in [4.78, 5) is 2.69. The van der Waals surface area contributed by atoms with Gasteiger partial charge in [-0.2, -0.15) is 5.10 Å². The lowest BCUT2D eigenvalue weighted by Gasteiger charge is -2.02. The maximum absolute atomic E-state index is 11.6. The van der Waals surface area contributed by atoms with Crippen molar-refractivity contribution in [3.8, 4) is 0 Å². The van der Waals surface area contributed by atoms with E-state index in [2.05, 4.69) is 19.8 Å². The van der Waals surface area contributed by atoms with Crippen molar-refractivity contribution >= 4 is 10.0 Å². The van der Waals surface area contributed by atoms with Crippen LogP contribution in [-0.4, -0.2) is 31.3 Å². The molecule has 0 aromatic carbocycles. The number of rotatable bonds is 6. The zero-order valence-electron chi connectivity index (χ0n) is 8.74. The Labute approximate surface area is 92.9 Å². The minimum absolute atomic E-state index is 0.124. The molecule has 0 spiro atoms. The molecule has 0 aliphatic heterocycles. The second-order valence-electron chi connectivity index (χ2n) is 3.06. The number of hydrogen-bond donors (Lipinski definition) is 1. The summed E-state index contributed by atoms with van der Waals surface area (Å²) in [5, 5.41) is 7.07. The van der Waals surface area contributed by atoms with E-state index in [1.165, 1.54) is 17.1 Å². The second kappa shape index (κ2) is 5.50. The smallest absolute Gasteiger partial charge is 0.243 e. The Morgan fingerprint density at radius 2 is 2.44 bits per heavy atom. The van der Waals surface area contributed by atoms with Crippen LogP contribution < -0.4 is 4.72 Å². The lowest BCUT2D eigenvalue weighted by molar-refractivity contribution is 0.579. The van der Waals surface area contributed by atoms with E-state index in [9.17, 15) is 8.42 Å². The summed E-state index contributed by atoms with van der Waals surface area (Å²) in [5.41, 5.74) is 8.01. The van der Waals surface area contributed by atoms with Crippen molar-refractivity contribution in [2.24, 2.45) is 12.2 Å². The van der Waals surface area contributed by atoms with Gasteiger partial charge in [0, 0.05) is 31.2 Å². The Morgan fingerprint density at radius 3 is 3.00 bits per heavy atom. The third kappa shape index (κ3) is 3.54. The molecule has 0 radical (unpaired) electrons. The lowest BCUT2D eigenvalue weighted by atomic mass is 10.4. The topological polar surface area (TPSA) is 113 Å². The maximum Gasteiger partial charge on any atom is 0.243 e. The summed E-state index contributed by atoms with van der Waals surface area (Å²) in [5.74, 6) is 0. The van der Waals surface area contributed by atoms with Gasteiger partial charge in [-0.3, -0.25) is 4.68 Å². The highest BCUT2D eigenvalue weighted by molar-refractivity contribution is 7.89. The van der Waals surface area contributed by atoms with Crippen LogP contribution in [-0.2, 0) is 17.1 Å². The van der Waals surface area contributed by atoms with Crippen LogP contribution in [0.5, 0.6) is 0 Å². The van der Waals surface area contributed by atoms with Crippen LogP contribution >= 0.6 is 0 Å². The normalized spacial score (nSPS) is 11.1. The molecule has 8 nitrogen and oxygen atoms in total. The van der Waals surface area contributed by atoms with Crippen LogP contribution in [0.3, 0.4) is 0 Å². The van der Waals surface area contributed by atoms with Gasteiger partial charge >= 0.3 is 0 Å². The highest BCUT2D eigenvalue weighted by atomic mass is 32.2. The number of azide groups is 1. The molecule has 88 valence electrons. The predicted molar refractivity (Wildman–Crippen MR) is 57.0 cm³/mol. The first-order chi connectivity index (χ1) is 7.56. The molecular formula is C7H12N6O2S. The molecule has 0 amide bonds. The molecule has 0 aliphatic rings. The zero-order chi connectivity index (χ0) is 12.0. The van der Waals surface area contributed by atoms with Crippen LogP contribution in [0.1, 0.15) is 6.42 Å². The van der Waals surface area contributed by atoms with Crippen molar-refractivity contribution in [3.63, 3.8) is 0 Å². The summed E-state index contributed by atoms with van der Waals surface area (Å²) >= 11 is 0. The molecule has 0 saturated heterocycles. The van der Waals surface area contributed by atoms with Gasteiger partial charge in [-0.1, -0.05) is 5.11 Å².